The van der Waals surface area contributed by atoms with E-state index in [1.807, 2.05) is 41.0 Å². The summed E-state index contributed by atoms with van der Waals surface area (Å²) in [6, 6.07) is 7.35. The summed E-state index contributed by atoms with van der Waals surface area (Å²) in [7, 11) is 3.80. The number of pyridine rings is 2. The number of ether oxygens (including phenoxy) is 1. The van der Waals surface area contributed by atoms with Gasteiger partial charge in [-0.25, -0.2) is 4.39 Å². The van der Waals surface area contributed by atoms with Crippen molar-refractivity contribution in [1.29, 1.82) is 0 Å². The number of fused-ring (bicyclic) bond motifs is 3. The number of nitrogens with one attached hydrogen (secondary N) is 1. The second-order valence-electron chi connectivity index (χ2n) is 12.1. The van der Waals surface area contributed by atoms with Crippen LogP contribution in [0.3, 0.4) is 0 Å². The molecule has 1 N–H and O–H groups in total. The smallest absolute Gasteiger partial charge is 0.259 e. The van der Waals surface area contributed by atoms with E-state index in [2.05, 4.69) is 34.4 Å². The number of likely N-dealkylation sites (tertiary alicyclic amines) is 1. The van der Waals surface area contributed by atoms with E-state index in [9.17, 15) is 9.59 Å². The fourth-order valence-electron chi connectivity index (χ4n) is 6.78. The number of rotatable bonds is 8. The number of carbonyl (C=O) groups is 1. The fourth-order valence-corrected chi connectivity index (χ4v) is 6.78. The number of nitrogens with zero attached hydrogens (tertiary/aromatic N) is 4. The van der Waals surface area contributed by atoms with E-state index in [1.165, 1.54) is 17.4 Å². The van der Waals surface area contributed by atoms with Crippen LogP contribution in [-0.2, 0) is 6.42 Å². The van der Waals surface area contributed by atoms with Crippen molar-refractivity contribution >= 4 is 28.2 Å². The van der Waals surface area contributed by atoms with Gasteiger partial charge in [-0.3, -0.25) is 14.6 Å². The Balaban J connectivity index is 1.30. The van der Waals surface area contributed by atoms with Crippen LogP contribution in [0.25, 0.3) is 16.6 Å². The van der Waals surface area contributed by atoms with Crippen molar-refractivity contribution in [1.82, 2.24) is 19.4 Å². The molecule has 2 aliphatic heterocycles. The summed E-state index contributed by atoms with van der Waals surface area (Å²) in [5.74, 6) is 0.0333. The SMILES string of the molecule is CN(CCc1ccccn1)C(=O)c1cn2c3c(c(NCCC4CCCN4C)c(F)cc3c1=O)OC1=C2C=CC2CC=CC=C12. The van der Waals surface area contributed by atoms with E-state index in [0.717, 1.165) is 42.8 Å². The number of amides is 1. The van der Waals surface area contributed by atoms with Crippen LogP contribution >= 0.6 is 0 Å². The lowest BCUT2D eigenvalue weighted by atomic mass is 9.85. The number of halogens is 1. The summed E-state index contributed by atoms with van der Waals surface area (Å²) in [4.78, 5) is 35.8. The molecule has 2 aromatic heterocycles. The molecule has 8 nitrogen and oxygen atoms in total. The molecule has 2 aliphatic carbocycles. The van der Waals surface area contributed by atoms with E-state index >= 15 is 4.39 Å². The van der Waals surface area contributed by atoms with Crippen LogP contribution in [0.15, 0.2) is 83.2 Å². The van der Waals surface area contributed by atoms with Gasteiger partial charge in [0.15, 0.2) is 17.3 Å². The Labute approximate surface area is 255 Å². The van der Waals surface area contributed by atoms with Crippen LogP contribution in [0.4, 0.5) is 10.1 Å². The zero-order valence-corrected chi connectivity index (χ0v) is 25.1. The van der Waals surface area contributed by atoms with Gasteiger partial charge >= 0.3 is 0 Å². The average molecular weight is 594 g/mol. The molecule has 2 unspecified atom stereocenters. The molecule has 44 heavy (non-hydrogen) atoms. The predicted molar refractivity (Wildman–Crippen MR) is 170 cm³/mol. The van der Waals surface area contributed by atoms with Crippen LogP contribution in [0.2, 0.25) is 0 Å². The number of likely N-dealkylation sites (N-methyl/N-ethyl adjacent to an activating group) is 1. The first-order chi connectivity index (χ1) is 21.4. The van der Waals surface area contributed by atoms with Crippen molar-refractivity contribution in [2.45, 2.75) is 38.1 Å². The summed E-state index contributed by atoms with van der Waals surface area (Å²) in [5, 5.41) is 3.42. The third kappa shape index (κ3) is 4.95. The predicted octanol–water partition coefficient (Wildman–Crippen LogP) is 5.38. The third-order valence-electron chi connectivity index (χ3n) is 9.30. The van der Waals surface area contributed by atoms with Gasteiger partial charge in [-0.15, -0.1) is 0 Å². The van der Waals surface area contributed by atoms with Crippen molar-refractivity contribution in [2.24, 2.45) is 5.92 Å². The lowest BCUT2D eigenvalue weighted by Crippen LogP contribution is -2.34. The van der Waals surface area contributed by atoms with E-state index in [4.69, 9.17) is 4.74 Å². The molecule has 1 fully saturated rings. The fraction of sp³-hybridized carbons (Fsp3) is 0.343. The van der Waals surface area contributed by atoms with E-state index in [-0.39, 0.29) is 28.3 Å². The molecule has 0 spiro atoms. The molecule has 2 atom stereocenters. The zero-order valence-electron chi connectivity index (χ0n) is 25.1. The molecule has 0 radical (unpaired) electrons. The largest absolute Gasteiger partial charge is 0.450 e. The lowest BCUT2D eigenvalue weighted by Gasteiger charge is -2.33. The van der Waals surface area contributed by atoms with Crippen LogP contribution in [0.1, 0.15) is 41.7 Å². The highest BCUT2D eigenvalue weighted by Crippen LogP contribution is 2.46. The van der Waals surface area contributed by atoms with Gasteiger partial charge in [-0.2, -0.15) is 0 Å². The second kappa shape index (κ2) is 11.5. The van der Waals surface area contributed by atoms with E-state index in [1.54, 1.807) is 19.4 Å². The Kier molecular flexibility index (Phi) is 7.42. The van der Waals surface area contributed by atoms with Gasteiger partial charge in [0, 0.05) is 62.2 Å². The highest BCUT2D eigenvalue weighted by atomic mass is 19.1. The molecule has 0 bridgehead atoms. The summed E-state index contributed by atoms with van der Waals surface area (Å²) in [6.45, 7) is 2.02. The van der Waals surface area contributed by atoms with Crippen LogP contribution in [0.5, 0.6) is 5.75 Å². The number of aromatic nitrogens is 2. The van der Waals surface area contributed by atoms with Crippen molar-refractivity contribution in [3.8, 4) is 5.75 Å². The van der Waals surface area contributed by atoms with Crippen molar-refractivity contribution in [3.05, 3.63) is 106 Å². The Morgan fingerprint density at radius 1 is 1.30 bits per heavy atom. The minimum absolute atomic E-state index is 0.0156. The number of hydrogen-bond acceptors (Lipinski definition) is 6. The molecule has 4 heterocycles. The number of allylic oxidation sites excluding steroid dienone is 7. The molecule has 1 aromatic carbocycles. The molecule has 3 aromatic rings. The molecule has 1 amide bonds. The van der Waals surface area contributed by atoms with Gasteiger partial charge in [0.05, 0.1) is 11.1 Å². The first kappa shape index (κ1) is 28.3. The van der Waals surface area contributed by atoms with E-state index < -0.39 is 17.2 Å². The molecular formula is C35H36FN5O3. The Hall–Kier alpha value is -4.50. The molecule has 226 valence electrons. The number of hydrogen-bond donors (Lipinski definition) is 1. The van der Waals surface area contributed by atoms with Crippen LogP contribution in [-0.4, -0.2) is 65.0 Å². The van der Waals surface area contributed by atoms with Crippen molar-refractivity contribution in [3.63, 3.8) is 0 Å². The molecule has 7 rings (SSSR count). The first-order valence-electron chi connectivity index (χ1n) is 15.4. The summed E-state index contributed by atoms with van der Waals surface area (Å²) >= 11 is 0. The van der Waals surface area contributed by atoms with Crippen molar-refractivity contribution in [2.75, 3.05) is 39.0 Å². The molecule has 1 saturated heterocycles. The maximum atomic E-state index is 16.0. The minimum atomic E-state index is -0.575. The number of anilines is 1. The van der Waals surface area contributed by atoms with Crippen LogP contribution in [0, 0.1) is 11.7 Å². The van der Waals surface area contributed by atoms with Gasteiger partial charge < -0.3 is 24.4 Å². The monoisotopic (exact) mass is 593 g/mol. The summed E-state index contributed by atoms with van der Waals surface area (Å²) in [5.41, 5.74) is 2.73. The maximum absolute atomic E-state index is 16.0. The maximum Gasteiger partial charge on any atom is 0.259 e. The number of benzene rings is 1. The highest BCUT2D eigenvalue weighted by molar-refractivity contribution is 6.02. The Bertz CT molecular complexity index is 1820. The van der Waals surface area contributed by atoms with Gasteiger partial charge in [0.25, 0.3) is 5.91 Å². The van der Waals surface area contributed by atoms with Gasteiger partial charge in [-0.05, 0) is 63.6 Å². The standard InChI is InChI=1S/C35H36FN5O3/c1-39-18-7-10-24(39)14-17-38-30-28(36)20-26-31-34(30)44-33-25-11-4-3-8-22(25)12-13-29(33)41(31)21-27(32(26)42)35(43)40(2)19-15-23-9-5-6-16-37-23/h3-6,9,11-13,16,20-22,24,38H,7-8,10,14-15,17-19H2,1-2H3. The zero-order chi connectivity index (χ0) is 30.4. The molecular weight excluding hydrogens is 557 g/mol. The van der Waals surface area contributed by atoms with Gasteiger partial charge in [-0.1, -0.05) is 30.4 Å². The third-order valence-corrected chi connectivity index (χ3v) is 9.30. The number of carbonyl (C=O) groups excluding carboxylic acids is 1. The van der Waals surface area contributed by atoms with Crippen LogP contribution < -0.4 is 15.5 Å². The molecule has 9 heteroatoms. The average Bonchev–Trinajstić information content (AvgIpc) is 3.46. The minimum Gasteiger partial charge on any atom is -0.450 e. The highest BCUT2D eigenvalue weighted by Gasteiger charge is 2.34. The summed E-state index contributed by atoms with van der Waals surface area (Å²) in [6.07, 6.45) is 18.1. The second-order valence-corrected chi connectivity index (χ2v) is 12.1. The Morgan fingerprint density at radius 2 is 2.18 bits per heavy atom. The lowest BCUT2D eigenvalue weighted by molar-refractivity contribution is 0.0794. The molecule has 4 aliphatic rings. The topological polar surface area (TPSA) is 79.7 Å². The van der Waals surface area contributed by atoms with Gasteiger partial charge in [0.2, 0.25) is 5.43 Å². The van der Waals surface area contributed by atoms with E-state index in [0.29, 0.717) is 36.8 Å². The van der Waals surface area contributed by atoms with Crippen molar-refractivity contribution < 1.29 is 13.9 Å². The first-order valence-corrected chi connectivity index (χ1v) is 15.4. The summed E-state index contributed by atoms with van der Waals surface area (Å²) < 4.78 is 24.4. The quantitative estimate of drug-likeness (QED) is 0.378. The van der Waals surface area contributed by atoms with Gasteiger partial charge in [0.1, 0.15) is 16.8 Å². The normalized spacial score (nSPS) is 20.3. The molecule has 0 saturated carbocycles. The Morgan fingerprint density at radius 3 is 2.98 bits per heavy atom.